The number of nitrogens with zero attached hydrogens (tertiary/aromatic N) is 2. The van der Waals surface area contributed by atoms with E-state index < -0.39 is 11.1 Å². The quantitative estimate of drug-likeness (QED) is 0.642. The van der Waals surface area contributed by atoms with Gasteiger partial charge in [-0.3, -0.25) is 10.6 Å². The first kappa shape index (κ1) is 13.9. The zero-order chi connectivity index (χ0) is 11.9. The van der Waals surface area contributed by atoms with E-state index >= 15 is 0 Å². The maximum Gasteiger partial charge on any atom is 0.101 e. The van der Waals surface area contributed by atoms with Crippen molar-refractivity contribution in [3.63, 3.8) is 0 Å². The fraction of sp³-hybridized carbons (Fsp3) is 0.818. The lowest BCUT2D eigenvalue weighted by Crippen LogP contribution is -2.41. The largest absolute Gasteiger partial charge is 0.300 e. The van der Waals surface area contributed by atoms with Crippen LogP contribution < -0.4 is 10.6 Å². The molecule has 0 unspecified atom stereocenters. The van der Waals surface area contributed by atoms with Gasteiger partial charge in [-0.25, -0.2) is 0 Å². The van der Waals surface area contributed by atoms with Crippen molar-refractivity contribution in [1.29, 1.82) is 10.5 Å². The van der Waals surface area contributed by atoms with Crippen LogP contribution >= 0.6 is 0 Å². The molecule has 0 amide bonds. The molecule has 0 saturated heterocycles. The maximum atomic E-state index is 8.75. The van der Waals surface area contributed by atoms with Crippen molar-refractivity contribution in [2.45, 2.75) is 45.2 Å². The second-order valence-corrected chi connectivity index (χ2v) is 4.68. The van der Waals surface area contributed by atoms with Gasteiger partial charge in [-0.1, -0.05) is 0 Å². The highest BCUT2D eigenvalue weighted by Crippen LogP contribution is 2.00. The zero-order valence-corrected chi connectivity index (χ0v) is 10.0. The van der Waals surface area contributed by atoms with Crippen molar-refractivity contribution < 1.29 is 0 Å². The molecule has 0 radical (unpaired) electrons. The summed E-state index contributed by atoms with van der Waals surface area (Å²) in [6, 6.07) is 4.35. The van der Waals surface area contributed by atoms with E-state index in [1.807, 2.05) is 27.7 Å². The van der Waals surface area contributed by atoms with Crippen LogP contribution in [0.15, 0.2) is 0 Å². The smallest absolute Gasteiger partial charge is 0.101 e. The molecule has 0 aliphatic heterocycles. The molecular formula is C11H20N4. The summed E-state index contributed by atoms with van der Waals surface area (Å²) in [7, 11) is 0. The number of rotatable bonds is 6. The lowest BCUT2D eigenvalue weighted by atomic mass is 10.1. The fourth-order valence-electron chi connectivity index (χ4n) is 0.969. The molecule has 0 heterocycles. The first-order valence-corrected chi connectivity index (χ1v) is 5.15. The number of hydrogen-bond donors (Lipinski definition) is 2. The fourth-order valence-corrected chi connectivity index (χ4v) is 0.969. The topological polar surface area (TPSA) is 71.6 Å². The zero-order valence-electron chi connectivity index (χ0n) is 10.0. The second-order valence-electron chi connectivity index (χ2n) is 4.68. The van der Waals surface area contributed by atoms with E-state index in [9.17, 15) is 0 Å². The molecule has 0 fully saturated rings. The molecule has 0 bridgehead atoms. The van der Waals surface area contributed by atoms with Crippen LogP contribution in [0.3, 0.4) is 0 Å². The minimum absolute atomic E-state index is 0.468. The van der Waals surface area contributed by atoms with Crippen LogP contribution in [0, 0.1) is 22.7 Å². The van der Waals surface area contributed by atoms with Crippen molar-refractivity contribution in [2.75, 3.05) is 13.1 Å². The van der Waals surface area contributed by atoms with Gasteiger partial charge in [-0.05, 0) is 47.2 Å². The molecule has 0 aromatic carbocycles. The van der Waals surface area contributed by atoms with Gasteiger partial charge in [0.15, 0.2) is 0 Å². The third kappa shape index (κ3) is 6.90. The molecule has 0 spiro atoms. The molecule has 15 heavy (non-hydrogen) atoms. The van der Waals surface area contributed by atoms with Crippen LogP contribution in [0.4, 0.5) is 0 Å². The first-order chi connectivity index (χ1) is 6.83. The van der Waals surface area contributed by atoms with Gasteiger partial charge in [0.05, 0.1) is 12.1 Å². The standard InChI is InChI=1S/C11H20N4/c1-10(2,8-12)14-6-5-7-15-11(3,4)9-13/h14-15H,5-7H2,1-4H3. The van der Waals surface area contributed by atoms with Gasteiger partial charge in [0.2, 0.25) is 0 Å². The van der Waals surface area contributed by atoms with Crippen LogP contribution in [0.5, 0.6) is 0 Å². The van der Waals surface area contributed by atoms with E-state index in [0.29, 0.717) is 0 Å². The molecule has 2 N–H and O–H groups in total. The van der Waals surface area contributed by atoms with Crippen molar-refractivity contribution >= 4 is 0 Å². The normalized spacial score (nSPS) is 11.9. The summed E-state index contributed by atoms with van der Waals surface area (Å²) in [5.41, 5.74) is -0.935. The molecule has 84 valence electrons. The molecule has 0 aliphatic rings. The van der Waals surface area contributed by atoms with Crippen LogP contribution in [0.2, 0.25) is 0 Å². The lowest BCUT2D eigenvalue weighted by Gasteiger charge is -2.20. The SMILES string of the molecule is CC(C)(C#N)NCCCNC(C)(C)C#N. The highest BCUT2D eigenvalue weighted by atomic mass is 15.0. The van der Waals surface area contributed by atoms with E-state index in [-0.39, 0.29) is 0 Å². The summed E-state index contributed by atoms with van der Waals surface area (Å²) >= 11 is 0. The highest BCUT2D eigenvalue weighted by molar-refractivity contribution is 5.00. The molecule has 0 rings (SSSR count). The Balaban J connectivity index is 3.59. The van der Waals surface area contributed by atoms with E-state index in [2.05, 4.69) is 22.8 Å². The predicted molar refractivity (Wildman–Crippen MR) is 60.0 cm³/mol. The lowest BCUT2D eigenvalue weighted by molar-refractivity contribution is 0.440. The first-order valence-electron chi connectivity index (χ1n) is 5.15. The molecule has 0 aliphatic carbocycles. The Hall–Kier alpha value is -1.10. The highest BCUT2D eigenvalue weighted by Gasteiger charge is 2.16. The average Bonchev–Trinajstić information content (AvgIpc) is 2.17. The van der Waals surface area contributed by atoms with E-state index in [0.717, 1.165) is 19.5 Å². The predicted octanol–water partition coefficient (Wildman–Crippen LogP) is 1.16. The van der Waals surface area contributed by atoms with Gasteiger partial charge < -0.3 is 0 Å². The van der Waals surface area contributed by atoms with Crippen LogP contribution in [-0.2, 0) is 0 Å². The van der Waals surface area contributed by atoms with E-state index in [1.165, 1.54) is 0 Å². The minimum atomic E-state index is -0.468. The van der Waals surface area contributed by atoms with Gasteiger partial charge >= 0.3 is 0 Å². The summed E-state index contributed by atoms with van der Waals surface area (Å²) in [5, 5.41) is 23.8. The minimum Gasteiger partial charge on any atom is -0.300 e. The van der Waals surface area contributed by atoms with Gasteiger partial charge in [-0.2, -0.15) is 10.5 Å². The average molecular weight is 208 g/mol. The monoisotopic (exact) mass is 208 g/mol. The van der Waals surface area contributed by atoms with Crippen LogP contribution in [0.1, 0.15) is 34.1 Å². The van der Waals surface area contributed by atoms with Crippen molar-refractivity contribution in [2.24, 2.45) is 0 Å². The van der Waals surface area contributed by atoms with Crippen LogP contribution in [-0.4, -0.2) is 24.2 Å². The summed E-state index contributed by atoms with van der Waals surface area (Å²) in [6.07, 6.45) is 0.899. The summed E-state index contributed by atoms with van der Waals surface area (Å²) < 4.78 is 0. The van der Waals surface area contributed by atoms with Gasteiger partial charge in [-0.15, -0.1) is 0 Å². The number of nitriles is 2. The number of hydrogen-bond acceptors (Lipinski definition) is 4. The van der Waals surface area contributed by atoms with Crippen molar-refractivity contribution in [3.05, 3.63) is 0 Å². The van der Waals surface area contributed by atoms with E-state index in [1.54, 1.807) is 0 Å². The molecule has 0 saturated carbocycles. The summed E-state index contributed by atoms with van der Waals surface area (Å²) in [4.78, 5) is 0. The Bertz CT molecular complexity index is 239. The van der Waals surface area contributed by atoms with Crippen molar-refractivity contribution in [1.82, 2.24) is 10.6 Å². The van der Waals surface area contributed by atoms with Gasteiger partial charge in [0.1, 0.15) is 11.1 Å². The van der Waals surface area contributed by atoms with Gasteiger partial charge in [0.25, 0.3) is 0 Å². The molecule has 4 heteroatoms. The molecule has 0 aromatic rings. The number of nitrogens with one attached hydrogen (secondary N) is 2. The maximum absolute atomic E-state index is 8.75. The summed E-state index contributed by atoms with van der Waals surface area (Å²) in [6.45, 7) is 8.93. The molecule has 0 atom stereocenters. The van der Waals surface area contributed by atoms with Crippen LogP contribution in [0.25, 0.3) is 0 Å². The Labute approximate surface area is 92.3 Å². The Morgan fingerprint density at radius 3 is 1.47 bits per heavy atom. The molecule has 0 aromatic heterocycles. The Morgan fingerprint density at radius 2 is 1.20 bits per heavy atom. The third-order valence-electron chi connectivity index (χ3n) is 2.05. The van der Waals surface area contributed by atoms with Gasteiger partial charge in [0, 0.05) is 0 Å². The van der Waals surface area contributed by atoms with Crippen molar-refractivity contribution in [3.8, 4) is 12.1 Å². The Morgan fingerprint density at radius 1 is 0.867 bits per heavy atom. The molecular weight excluding hydrogens is 188 g/mol. The van der Waals surface area contributed by atoms with E-state index in [4.69, 9.17) is 10.5 Å². The molecule has 4 nitrogen and oxygen atoms in total. The second kappa shape index (κ2) is 5.70. The third-order valence-corrected chi connectivity index (χ3v) is 2.05. The summed E-state index contributed by atoms with van der Waals surface area (Å²) in [5.74, 6) is 0. The Kier molecular flexibility index (Phi) is 5.28.